The topological polar surface area (TPSA) is 99.1 Å². The predicted molar refractivity (Wildman–Crippen MR) is 257 cm³/mol. The molecule has 0 aliphatic carbocycles. The maximum Gasteiger partial charge on any atom is 0.362 e. The summed E-state index contributed by atoms with van der Waals surface area (Å²) >= 11 is 0. The molecule has 8 heteroatoms. The van der Waals surface area contributed by atoms with E-state index in [1.807, 2.05) is 21.1 Å². The highest BCUT2D eigenvalue weighted by molar-refractivity contribution is 5.72. The Hall–Kier alpha value is -2.97. The maximum absolute atomic E-state index is 12.8. The zero-order valence-electron chi connectivity index (χ0n) is 40.1. The van der Waals surface area contributed by atoms with Gasteiger partial charge in [0.25, 0.3) is 0 Å². The van der Waals surface area contributed by atoms with Crippen LogP contribution < -0.4 is 0 Å². The molecular weight excluding hydrogens is 763 g/mol. The van der Waals surface area contributed by atoms with Gasteiger partial charge in [0, 0.05) is 19.3 Å². The molecule has 0 saturated heterocycles. The number of hydrogen-bond acceptors (Lipinski definition) is 6. The highest BCUT2D eigenvalue weighted by Gasteiger charge is 2.31. The van der Waals surface area contributed by atoms with Gasteiger partial charge in [0.2, 0.25) is 0 Å². The van der Waals surface area contributed by atoms with Crippen LogP contribution in [0.15, 0.2) is 60.8 Å². The number of ether oxygens (including phenoxy) is 3. The van der Waals surface area contributed by atoms with Crippen LogP contribution in [0.2, 0.25) is 0 Å². The van der Waals surface area contributed by atoms with Gasteiger partial charge in [0.05, 0.1) is 34.4 Å². The number of quaternary nitrogens is 1. The minimum absolute atomic E-state index is 0.0539. The lowest BCUT2D eigenvalue weighted by Gasteiger charge is -2.31. The second-order valence-electron chi connectivity index (χ2n) is 17.7. The van der Waals surface area contributed by atoms with Crippen LogP contribution in [0.3, 0.4) is 0 Å². The van der Waals surface area contributed by atoms with Crippen LogP contribution in [-0.2, 0) is 28.6 Å². The summed E-state index contributed by atoms with van der Waals surface area (Å²) < 4.78 is 17.3. The number of nitrogens with zero attached hydrogens (tertiary/aromatic N) is 1. The number of unbranched alkanes of at least 4 members (excludes halogenated alkanes) is 20. The van der Waals surface area contributed by atoms with Crippen LogP contribution in [0.1, 0.15) is 206 Å². The van der Waals surface area contributed by atoms with E-state index in [-0.39, 0.29) is 36.2 Å². The van der Waals surface area contributed by atoms with Crippen LogP contribution in [-0.4, -0.2) is 80.6 Å². The van der Waals surface area contributed by atoms with Crippen molar-refractivity contribution in [3.63, 3.8) is 0 Å². The molecular formula is C53H94NO7+. The Labute approximate surface area is 375 Å². The van der Waals surface area contributed by atoms with E-state index in [0.29, 0.717) is 19.3 Å². The molecule has 0 amide bonds. The highest BCUT2D eigenvalue weighted by atomic mass is 16.6. The summed E-state index contributed by atoms with van der Waals surface area (Å²) in [4.78, 5) is 37.1. The zero-order chi connectivity index (χ0) is 44.9. The van der Waals surface area contributed by atoms with Gasteiger partial charge >= 0.3 is 17.9 Å². The fourth-order valence-corrected chi connectivity index (χ4v) is 7.08. The monoisotopic (exact) mass is 857 g/mol. The van der Waals surface area contributed by atoms with Gasteiger partial charge in [-0.15, -0.1) is 0 Å². The molecule has 0 saturated carbocycles. The first kappa shape index (κ1) is 58.0. The Balaban J connectivity index is 4.30. The molecule has 352 valence electrons. The summed E-state index contributed by atoms with van der Waals surface area (Å²) in [5, 5.41) is 9.65. The Morgan fingerprint density at radius 3 is 1.38 bits per heavy atom. The van der Waals surface area contributed by atoms with E-state index in [2.05, 4.69) is 74.6 Å². The number of likely N-dealkylation sites (N-methyl/N-ethyl adjacent to an activating group) is 1. The summed E-state index contributed by atoms with van der Waals surface area (Å²) in [5.74, 6) is -1.48. The molecule has 8 nitrogen and oxygen atoms in total. The van der Waals surface area contributed by atoms with Crippen LogP contribution in [0.5, 0.6) is 0 Å². The third-order valence-corrected chi connectivity index (χ3v) is 10.9. The van der Waals surface area contributed by atoms with Crippen molar-refractivity contribution >= 4 is 17.9 Å². The molecule has 0 heterocycles. The van der Waals surface area contributed by atoms with Gasteiger partial charge in [-0.2, -0.15) is 0 Å². The number of carbonyl (C=O) groups excluding carboxylic acids is 2. The number of rotatable bonds is 44. The number of aliphatic carboxylic acids is 1. The molecule has 2 unspecified atom stereocenters. The van der Waals surface area contributed by atoms with E-state index in [1.54, 1.807) is 0 Å². The van der Waals surface area contributed by atoms with E-state index in [0.717, 1.165) is 77.0 Å². The summed E-state index contributed by atoms with van der Waals surface area (Å²) in [6.45, 7) is 4.61. The van der Waals surface area contributed by atoms with E-state index < -0.39 is 18.1 Å². The number of carboxylic acids is 1. The van der Waals surface area contributed by atoms with Gasteiger partial charge in [-0.1, -0.05) is 171 Å². The summed E-state index contributed by atoms with van der Waals surface area (Å²) in [7, 11) is 5.53. The standard InChI is InChI=1S/C53H93NO7/c1-6-8-10-12-14-16-18-20-22-24-25-26-28-30-32-34-36-38-40-42-44-52(56)61-49(47-59-46-45-50(53(57)58)54(3,4)5)48-60-51(55)43-41-39-37-35-33-31-29-27-23-21-19-17-15-13-11-9-7-2/h8,10,14,16,20-23,25-26,49-50H,6-7,9,11-13,15,17-19,24,27-48H2,1-5H3/p+1/b10-8+,16-14+,22-20+,23-21+,26-25+. The van der Waals surface area contributed by atoms with Crippen molar-refractivity contribution in [2.75, 3.05) is 41.0 Å². The predicted octanol–water partition coefficient (Wildman–Crippen LogP) is 14.1. The lowest BCUT2D eigenvalue weighted by atomic mass is 10.1. The van der Waals surface area contributed by atoms with E-state index >= 15 is 0 Å². The molecule has 0 rings (SSSR count). The molecule has 61 heavy (non-hydrogen) atoms. The van der Waals surface area contributed by atoms with Crippen molar-refractivity contribution in [2.45, 2.75) is 219 Å². The lowest BCUT2D eigenvalue weighted by molar-refractivity contribution is -0.887. The Morgan fingerprint density at radius 2 is 0.918 bits per heavy atom. The Kier molecular flexibility index (Phi) is 41.5. The molecule has 2 atom stereocenters. The van der Waals surface area contributed by atoms with Gasteiger partial charge < -0.3 is 23.8 Å². The second kappa shape index (κ2) is 43.7. The fourth-order valence-electron chi connectivity index (χ4n) is 7.08. The third-order valence-electron chi connectivity index (χ3n) is 10.9. The SMILES string of the molecule is CC/C=C/C/C=C/C/C=C/C/C=C/CCCCCCCCCC(=O)OC(COCCC(C(=O)O)[N+](C)(C)C)COC(=O)CCCCCCCCC/C=C/CCCCCCCC. The van der Waals surface area contributed by atoms with E-state index in [1.165, 1.54) is 96.3 Å². The van der Waals surface area contributed by atoms with E-state index in [9.17, 15) is 19.5 Å². The molecule has 1 N–H and O–H groups in total. The zero-order valence-corrected chi connectivity index (χ0v) is 40.1. The molecule has 0 bridgehead atoms. The molecule has 0 radical (unpaired) electrons. The van der Waals surface area contributed by atoms with Crippen LogP contribution in [0, 0.1) is 0 Å². The fraction of sp³-hybridized carbons (Fsp3) is 0.755. The average Bonchev–Trinajstić information content (AvgIpc) is 3.22. The van der Waals surface area contributed by atoms with Crippen LogP contribution in [0.4, 0.5) is 0 Å². The molecule has 0 aromatic carbocycles. The number of carbonyl (C=O) groups is 3. The maximum atomic E-state index is 12.8. The minimum Gasteiger partial charge on any atom is -0.477 e. The molecule has 0 fully saturated rings. The quantitative estimate of drug-likeness (QED) is 0.0282. The number of esters is 2. The van der Waals surface area contributed by atoms with Crippen molar-refractivity contribution in [3.8, 4) is 0 Å². The number of carboxylic acid groups (broad SMARTS) is 1. The summed E-state index contributed by atoms with van der Waals surface area (Å²) in [6.07, 6.45) is 54.0. The molecule has 0 spiro atoms. The molecule has 0 aromatic heterocycles. The van der Waals surface area contributed by atoms with Crippen molar-refractivity contribution in [3.05, 3.63) is 60.8 Å². The first-order valence-corrected chi connectivity index (χ1v) is 24.8. The van der Waals surface area contributed by atoms with Crippen molar-refractivity contribution in [1.82, 2.24) is 0 Å². The normalized spacial score (nSPS) is 13.4. The van der Waals surface area contributed by atoms with Crippen LogP contribution in [0.25, 0.3) is 0 Å². The Morgan fingerprint density at radius 1 is 0.508 bits per heavy atom. The molecule has 0 aliphatic heterocycles. The Bertz CT molecular complexity index is 1180. The van der Waals surface area contributed by atoms with Gasteiger partial charge in [-0.25, -0.2) is 4.79 Å². The number of allylic oxidation sites excluding steroid dienone is 10. The largest absolute Gasteiger partial charge is 0.477 e. The van der Waals surface area contributed by atoms with Gasteiger partial charge in [-0.05, 0) is 77.0 Å². The second-order valence-corrected chi connectivity index (χ2v) is 17.7. The van der Waals surface area contributed by atoms with Crippen LogP contribution >= 0.6 is 0 Å². The highest BCUT2D eigenvalue weighted by Crippen LogP contribution is 2.14. The third kappa shape index (κ3) is 42.1. The van der Waals surface area contributed by atoms with Gasteiger partial charge in [-0.3, -0.25) is 9.59 Å². The number of hydrogen-bond donors (Lipinski definition) is 1. The first-order chi connectivity index (χ1) is 29.6. The average molecular weight is 857 g/mol. The minimum atomic E-state index is -0.878. The smallest absolute Gasteiger partial charge is 0.362 e. The first-order valence-electron chi connectivity index (χ1n) is 24.8. The molecule has 0 aromatic rings. The van der Waals surface area contributed by atoms with Crippen molar-refractivity contribution < 1.29 is 38.2 Å². The van der Waals surface area contributed by atoms with Crippen molar-refractivity contribution in [2.24, 2.45) is 0 Å². The van der Waals surface area contributed by atoms with Gasteiger partial charge in [0.1, 0.15) is 6.61 Å². The summed E-state index contributed by atoms with van der Waals surface area (Å²) in [6, 6.07) is -0.619. The summed E-state index contributed by atoms with van der Waals surface area (Å²) in [5.41, 5.74) is 0. The van der Waals surface area contributed by atoms with Gasteiger partial charge in [0.15, 0.2) is 12.1 Å². The molecule has 0 aliphatic rings. The van der Waals surface area contributed by atoms with E-state index in [4.69, 9.17) is 14.2 Å². The lowest BCUT2D eigenvalue weighted by Crippen LogP contribution is -2.50. The van der Waals surface area contributed by atoms with Crippen molar-refractivity contribution in [1.29, 1.82) is 0 Å².